The number of halogens is 2. The Bertz CT molecular complexity index is 765. The third-order valence-corrected chi connectivity index (χ3v) is 5.33. The predicted molar refractivity (Wildman–Crippen MR) is 106 cm³/mol. The molecule has 0 aromatic carbocycles. The van der Waals surface area contributed by atoms with Crippen molar-refractivity contribution >= 4 is 45.1 Å². The van der Waals surface area contributed by atoms with E-state index in [4.69, 9.17) is 21.3 Å². The quantitative estimate of drug-likeness (QED) is 0.728. The second-order valence-electron chi connectivity index (χ2n) is 6.25. The van der Waals surface area contributed by atoms with Crippen LogP contribution in [0, 0.1) is 0 Å². The second kappa shape index (κ2) is 7.94. The third kappa shape index (κ3) is 3.87. The molecule has 0 N–H and O–H groups in total. The number of morpholine rings is 1. The molecule has 2 aliphatic heterocycles. The summed E-state index contributed by atoms with van der Waals surface area (Å²) in [6, 6.07) is 3.85. The van der Waals surface area contributed by atoms with Crippen LogP contribution in [0.3, 0.4) is 0 Å². The number of aromatic nitrogens is 3. The lowest BCUT2D eigenvalue weighted by Gasteiger charge is -2.36. The summed E-state index contributed by atoms with van der Waals surface area (Å²) >= 11 is 9.73. The molecule has 0 unspecified atom stereocenters. The fraction of sp³-hybridized carbons (Fsp3) is 0.471. The van der Waals surface area contributed by atoms with Gasteiger partial charge in [0.2, 0.25) is 5.95 Å². The van der Waals surface area contributed by atoms with E-state index >= 15 is 0 Å². The molecule has 4 heterocycles. The van der Waals surface area contributed by atoms with Gasteiger partial charge in [-0.1, -0.05) is 11.6 Å². The van der Waals surface area contributed by atoms with Gasteiger partial charge in [-0.15, -0.1) is 0 Å². The van der Waals surface area contributed by atoms with Crippen molar-refractivity contribution in [3.63, 3.8) is 0 Å². The maximum Gasteiger partial charge on any atom is 0.227 e. The Morgan fingerprint density at radius 3 is 2.42 bits per heavy atom. The number of anilines is 3. The zero-order chi connectivity index (χ0) is 17.9. The summed E-state index contributed by atoms with van der Waals surface area (Å²) in [7, 11) is 0. The van der Waals surface area contributed by atoms with Crippen LogP contribution in [-0.4, -0.2) is 67.4 Å². The molecule has 0 atom stereocenters. The summed E-state index contributed by atoms with van der Waals surface area (Å²) in [5, 5.41) is 0.665. The zero-order valence-electron chi connectivity index (χ0n) is 14.3. The van der Waals surface area contributed by atoms with E-state index in [0.29, 0.717) is 5.02 Å². The van der Waals surface area contributed by atoms with Crippen molar-refractivity contribution in [3.8, 4) is 0 Å². The molecule has 138 valence electrons. The van der Waals surface area contributed by atoms with E-state index in [1.54, 1.807) is 6.20 Å². The van der Waals surface area contributed by atoms with Gasteiger partial charge in [0.15, 0.2) is 0 Å². The fourth-order valence-corrected chi connectivity index (χ4v) is 3.97. The van der Waals surface area contributed by atoms with Crippen molar-refractivity contribution in [2.24, 2.45) is 0 Å². The normalized spacial score (nSPS) is 18.3. The van der Waals surface area contributed by atoms with Gasteiger partial charge in [0.25, 0.3) is 0 Å². The Balaban J connectivity index is 1.43. The molecule has 2 aromatic rings. The number of pyridine rings is 1. The Morgan fingerprint density at radius 1 is 0.962 bits per heavy atom. The molecular formula is C17H20BrClN6O. The highest BCUT2D eigenvalue weighted by molar-refractivity contribution is 9.10. The van der Waals surface area contributed by atoms with E-state index in [9.17, 15) is 0 Å². The van der Waals surface area contributed by atoms with Gasteiger partial charge in [-0.05, 0) is 28.1 Å². The summed E-state index contributed by atoms with van der Waals surface area (Å²) < 4.78 is 6.31. The Hall–Kier alpha value is -1.64. The summed E-state index contributed by atoms with van der Waals surface area (Å²) in [5.74, 6) is 2.58. The van der Waals surface area contributed by atoms with Crippen LogP contribution in [0.25, 0.3) is 0 Å². The van der Waals surface area contributed by atoms with Gasteiger partial charge >= 0.3 is 0 Å². The minimum atomic E-state index is 0.665. The van der Waals surface area contributed by atoms with Crippen LogP contribution in [0.15, 0.2) is 29.0 Å². The van der Waals surface area contributed by atoms with Gasteiger partial charge in [-0.25, -0.2) is 9.97 Å². The first-order chi connectivity index (χ1) is 12.7. The molecule has 0 radical (unpaired) electrons. The highest BCUT2D eigenvalue weighted by atomic mass is 79.9. The van der Waals surface area contributed by atoms with Crippen LogP contribution in [0.5, 0.6) is 0 Å². The molecule has 9 heteroatoms. The number of piperazine rings is 1. The lowest BCUT2D eigenvalue weighted by Crippen LogP contribution is -2.47. The highest BCUT2D eigenvalue weighted by Crippen LogP contribution is 2.27. The summed E-state index contributed by atoms with van der Waals surface area (Å²) in [4.78, 5) is 20.4. The van der Waals surface area contributed by atoms with Gasteiger partial charge in [0, 0.05) is 56.1 Å². The van der Waals surface area contributed by atoms with Crippen LogP contribution in [0.4, 0.5) is 17.6 Å². The molecule has 2 fully saturated rings. The van der Waals surface area contributed by atoms with Crippen LogP contribution >= 0.6 is 27.5 Å². The second-order valence-corrected chi connectivity index (χ2v) is 7.57. The number of hydrogen-bond donors (Lipinski definition) is 0. The van der Waals surface area contributed by atoms with Crippen molar-refractivity contribution in [2.75, 3.05) is 67.2 Å². The van der Waals surface area contributed by atoms with Gasteiger partial charge in [0.1, 0.15) is 11.6 Å². The Morgan fingerprint density at radius 2 is 1.69 bits per heavy atom. The minimum Gasteiger partial charge on any atom is -0.378 e. The molecule has 0 saturated carbocycles. The molecule has 2 saturated heterocycles. The molecule has 0 bridgehead atoms. The molecule has 0 spiro atoms. The van der Waals surface area contributed by atoms with Crippen LogP contribution in [0.2, 0.25) is 5.02 Å². The molecule has 4 rings (SSSR count). The number of hydrogen-bond acceptors (Lipinski definition) is 7. The van der Waals surface area contributed by atoms with Crippen molar-refractivity contribution in [1.29, 1.82) is 0 Å². The van der Waals surface area contributed by atoms with E-state index < -0.39 is 0 Å². The maximum atomic E-state index is 6.33. The minimum absolute atomic E-state index is 0.665. The third-order valence-electron chi connectivity index (χ3n) is 4.61. The fourth-order valence-electron chi connectivity index (χ4n) is 3.22. The van der Waals surface area contributed by atoms with E-state index in [-0.39, 0.29) is 0 Å². The summed E-state index contributed by atoms with van der Waals surface area (Å²) in [6.45, 7) is 6.58. The van der Waals surface area contributed by atoms with Crippen LogP contribution in [0.1, 0.15) is 0 Å². The van der Waals surface area contributed by atoms with E-state index in [0.717, 1.165) is 74.5 Å². The largest absolute Gasteiger partial charge is 0.378 e. The average Bonchev–Trinajstić information content (AvgIpc) is 2.69. The Labute approximate surface area is 166 Å². The first kappa shape index (κ1) is 17.8. The first-order valence-electron chi connectivity index (χ1n) is 8.67. The summed E-state index contributed by atoms with van der Waals surface area (Å²) in [6.07, 6.45) is 3.62. The van der Waals surface area contributed by atoms with Gasteiger partial charge in [0.05, 0.1) is 18.2 Å². The molecule has 7 nitrogen and oxygen atoms in total. The highest BCUT2D eigenvalue weighted by Gasteiger charge is 2.22. The van der Waals surface area contributed by atoms with Crippen molar-refractivity contribution in [1.82, 2.24) is 15.0 Å². The number of nitrogens with zero attached hydrogens (tertiary/aromatic N) is 6. The standard InChI is InChI=1S/C17H20BrClN6O/c18-13-11-14(19)16(21-12-13)24-3-5-25(6-4-24)17-20-2-1-15(22-17)23-7-9-26-10-8-23/h1-2,11-12H,3-10H2. The van der Waals surface area contributed by atoms with Gasteiger partial charge < -0.3 is 19.4 Å². The molecule has 26 heavy (non-hydrogen) atoms. The average molecular weight is 440 g/mol. The monoisotopic (exact) mass is 438 g/mol. The lowest BCUT2D eigenvalue weighted by molar-refractivity contribution is 0.122. The SMILES string of the molecule is Clc1cc(Br)cnc1N1CCN(c2nccc(N3CCOCC3)n2)CC1. The molecule has 2 aliphatic rings. The van der Waals surface area contributed by atoms with Crippen molar-refractivity contribution in [3.05, 3.63) is 34.0 Å². The van der Waals surface area contributed by atoms with Gasteiger partial charge in [-0.2, -0.15) is 4.98 Å². The maximum absolute atomic E-state index is 6.33. The predicted octanol–water partition coefficient (Wildman–Crippen LogP) is 2.45. The van der Waals surface area contributed by atoms with Crippen LogP contribution in [-0.2, 0) is 4.74 Å². The number of ether oxygens (including phenoxy) is 1. The topological polar surface area (TPSA) is 57.6 Å². The Kier molecular flexibility index (Phi) is 5.42. The van der Waals surface area contributed by atoms with Crippen LogP contribution < -0.4 is 14.7 Å². The lowest BCUT2D eigenvalue weighted by atomic mass is 10.3. The smallest absolute Gasteiger partial charge is 0.227 e. The van der Waals surface area contributed by atoms with E-state index in [2.05, 4.69) is 40.6 Å². The molecule has 2 aromatic heterocycles. The number of rotatable bonds is 3. The molecule has 0 amide bonds. The molecule has 0 aliphatic carbocycles. The van der Waals surface area contributed by atoms with Crippen molar-refractivity contribution < 1.29 is 4.74 Å². The zero-order valence-corrected chi connectivity index (χ0v) is 16.7. The van der Waals surface area contributed by atoms with Gasteiger partial charge in [-0.3, -0.25) is 0 Å². The molecular weight excluding hydrogens is 420 g/mol. The van der Waals surface area contributed by atoms with Crippen molar-refractivity contribution in [2.45, 2.75) is 0 Å². The first-order valence-corrected chi connectivity index (χ1v) is 9.84. The van der Waals surface area contributed by atoms with E-state index in [1.165, 1.54) is 0 Å². The summed E-state index contributed by atoms with van der Waals surface area (Å²) in [5.41, 5.74) is 0. The van der Waals surface area contributed by atoms with E-state index in [1.807, 2.05) is 18.3 Å².